The summed E-state index contributed by atoms with van der Waals surface area (Å²) >= 11 is 6.85. The number of nitrogens with zero attached hydrogens (tertiary/aromatic N) is 3. The van der Waals surface area contributed by atoms with E-state index in [1.165, 1.54) is 18.2 Å². The Bertz CT molecular complexity index is 575. The molecule has 0 aliphatic carbocycles. The van der Waals surface area contributed by atoms with E-state index in [0.29, 0.717) is 10.9 Å². The van der Waals surface area contributed by atoms with Crippen LogP contribution in [0.3, 0.4) is 0 Å². The third-order valence-electron chi connectivity index (χ3n) is 5.23. The smallest absolute Gasteiger partial charge is 0.303 e. The number of carbonyl (C=O) groups is 2. The van der Waals surface area contributed by atoms with E-state index in [4.69, 9.17) is 17.3 Å². The molecule has 1 N–H and O–H groups in total. The Labute approximate surface area is 178 Å². The summed E-state index contributed by atoms with van der Waals surface area (Å²) in [6.45, 7) is 4.67. The maximum absolute atomic E-state index is 12.6. The predicted octanol–water partition coefficient (Wildman–Crippen LogP) is 3.53. The van der Waals surface area contributed by atoms with Gasteiger partial charge in [0, 0.05) is 45.3 Å². The maximum atomic E-state index is 12.6. The van der Waals surface area contributed by atoms with Gasteiger partial charge in [-0.15, -0.1) is 0 Å². The van der Waals surface area contributed by atoms with E-state index >= 15 is 0 Å². The van der Waals surface area contributed by atoms with Crippen LogP contribution in [-0.2, 0) is 9.59 Å². The quantitative estimate of drug-likeness (QED) is 0.290. The van der Waals surface area contributed by atoms with Gasteiger partial charge in [-0.1, -0.05) is 62.5 Å². The average molecular weight is 428 g/mol. The number of hydrogen-bond acceptors (Lipinski definition) is 6. The number of carboxylic acids is 1. The summed E-state index contributed by atoms with van der Waals surface area (Å²) in [5, 5.41) is 8.60. The Morgan fingerprint density at radius 2 is 1.61 bits per heavy atom. The van der Waals surface area contributed by atoms with Crippen molar-refractivity contribution < 1.29 is 14.7 Å². The average Bonchev–Trinajstić information content (AvgIpc) is 2.92. The first kappa shape index (κ1) is 23.2. The van der Waals surface area contributed by atoms with Crippen molar-refractivity contribution in [2.45, 2.75) is 57.8 Å². The van der Waals surface area contributed by atoms with E-state index < -0.39 is 5.97 Å². The van der Waals surface area contributed by atoms with Crippen LogP contribution in [0, 0.1) is 0 Å². The molecule has 2 heterocycles. The molecule has 28 heavy (non-hydrogen) atoms. The molecule has 0 saturated carbocycles. The third-order valence-corrected chi connectivity index (χ3v) is 6.60. The summed E-state index contributed by atoms with van der Waals surface area (Å²) in [6.07, 6.45) is 10.8. The number of piperazine rings is 1. The molecule has 2 aliphatic rings. The Balaban J connectivity index is 1.58. The first-order valence-electron chi connectivity index (χ1n) is 10.4. The second-order valence-corrected chi connectivity index (χ2v) is 9.31. The molecule has 0 bridgehead atoms. The topological polar surface area (TPSA) is 64.1 Å². The molecular weight excluding hydrogens is 394 g/mol. The molecule has 0 unspecified atom stereocenters. The van der Waals surface area contributed by atoms with Crippen LogP contribution in [0.2, 0.25) is 0 Å². The summed E-state index contributed by atoms with van der Waals surface area (Å²) in [6, 6.07) is 0. The van der Waals surface area contributed by atoms with Crippen LogP contribution in [0.5, 0.6) is 0 Å². The number of aliphatic carboxylic acids is 1. The number of carboxylic acid groups (broad SMARTS) is 1. The molecule has 0 aromatic rings. The van der Waals surface area contributed by atoms with Crippen molar-refractivity contribution in [1.82, 2.24) is 14.7 Å². The van der Waals surface area contributed by atoms with Crippen LogP contribution in [0.4, 0.5) is 0 Å². The van der Waals surface area contributed by atoms with Gasteiger partial charge < -0.3 is 14.9 Å². The van der Waals surface area contributed by atoms with E-state index in [1.807, 2.05) is 6.20 Å². The van der Waals surface area contributed by atoms with Gasteiger partial charge in [-0.2, -0.15) is 0 Å². The molecule has 158 valence electrons. The van der Waals surface area contributed by atoms with Gasteiger partial charge in [-0.25, -0.2) is 0 Å². The van der Waals surface area contributed by atoms with Gasteiger partial charge >= 0.3 is 5.97 Å². The highest BCUT2D eigenvalue weighted by atomic mass is 32.2. The van der Waals surface area contributed by atoms with Gasteiger partial charge in [-0.05, 0) is 19.9 Å². The van der Waals surface area contributed by atoms with Crippen LogP contribution < -0.4 is 0 Å². The highest BCUT2D eigenvalue weighted by molar-refractivity contribution is 8.26. The number of thiocarbonyl (C=S) groups is 1. The molecule has 0 aromatic carbocycles. The highest BCUT2D eigenvalue weighted by Gasteiger charge is 2.32. The Kier molecular flexibility index (Phi) is 10.3. The lowest BCUT2D eigenvalue weighted by Crippen LogP contribution is -2.42. The number of amides is 1. The van der Waals surface area contributed by atoms with Gasteiger partial charge in [0.2, 0.25) is 0 Å². The van der Waals surface area contributed by atoms with Crippen molar-refractivity contribution in [3.8, 4) is 0 Å². The summed E-state index contributed by atoms with van der Waals surface area (Å²) in [5.74, 6) is -0.638. The molecule has 0 spiro atoms. The Hall–Kier alpha value is -1.12. The fourth-order valence-electron chi connectivity index (χ4n) is 3.41. The van der Waals surface area contributed by atoms with Crippen molar-refractivity contribution in [3.05, 3.63) is 11.1 Å². The predicted molar refractivity (Wildman–Crippen MR) is 118 cm³/mol. The molecular formula is C20H33N3O3S2. The van der Waals surface area contributed by atoms with E-state index in [2.05, 4.69) is 16.8 Å². The van der Waals surface area contributed by atoms with Crippen molar-refractivity contribution >= 4 is 40.2 Å². The highest BCUT2D eigenvalue weighted by Crippen LogP contribution is 2.31. The van der Waals surface area contributed by atoms with E-state index in [1.54, 1.807) is 4.90 Å². The first-order chi connectivity index (χ1) is 13.5. The van der Waals surface area contributed by atoms with Gasteiger partial charge in [0.25, 0.3) is 5.91 Å². The summed E-state index contributed by atoms with van der Waals surface area (Å²) in [5.41, 5.74) is 0. The number of thioether (sulfide) groups is 1. The molecule has 2 saturated heterocycles. The second kappa shape index (κ2) is 12.4. The van der Waals surface area contributed by atoms with Gasteiger partial charge in [0.05, 0.1) is 4.91 Å². The fraction of sp³-hybridized carbons (Fsp3) is 0.750. The van der Waals surface area contributed by atoms with Crippen molar-refractivity contribution in [2.75, 3.05) is 39.8 Å². The molecule has 1 amide bonds. The monoisotopic (exact) mass is 427 g/mol. The lowest BCUT2D eigenvalue weighted by Gasteiger charge is -2.31. The minimum Gasteiger partial charge on any atom is -0.481 e. The molecule has 2 rings (SSSR count). The zero-order chi connectivity index (χ0) is 20.4. The van der Waals surface area contributed by atoms with Gasteiger partial charge in [-0.3, -0.25) is 14.5 Å². The van der Waals surface area contributed by atoms with Gasteiger partial charge in [0.15, 0.2) is 0 Å². The number of rotatable bonds is 12. The van der Waals surface area contributed by atoms with Crippen LogP contribution in [0.1, 0.15) is 57.8 Å². The number of hydrogen-bond donors (Lipinski definition) is 1. The van der Waals surface area contributed by atoms with Gasteiger partial charge in [0.1, 0.15) is 4.32 Å². The lowest BCUT2D eigenvalue weighted by molar-refractivity contribution is -0.137. The fourth-order valence-corrected chi connectivity index (χ4v) is 4.72. The number of likely N-dealkylation sites (N-methyl/N-ethyl adjacent to an activating group) is 1. The molecule has 0 atom stereocenters. The normalized spacial score (nSPS) is 19.8. The van der Waals surface area contributed by atoms with E-state index in [0.717, 1.165) is 76.0 Å². The SMILES string of the molecule is CN1CCN(C=C2SC(=S)N(CCCCCCCCCCC(=O)O)C2=O)CC1. The number of carbonyl (C=O) groups excluding carboxylic acids is 1. The van der Waals surface area contributed by atoms with Crippen molar-refractivity contribution in [2.24, 2.45) is 0 Å². The summed E-state index contributed by atoms with van der Waals surface area (Å²) in [4.78, 5) is 30.1. The molecule has 2 fully saturated rings. The largest absolute Gasteiger partial charge is 0.481 e. The molecule has 8 heteroatoms. The standard InChI is InChI=1S/C20H33N3O3S2/c1-21-12-14-22(15-13-21)16-17-19(26)23(20(27)28-17)11-9-7-5-3-2-4-6-8-10-18(24)25/h16H,2-15H2,1H3,(H,24,25). The minimum absolute atomic E-state index is 0.0624. The maximum Gasteiger partial charge on any atom is 0.303 e. The molecule has 0 aromatic heterocycles. The Morgan fingerprint density at radius 3 is 2.21 bits per heavy atom. The molecule has 6 nitrogen and oxygen atoms in total. The van der Waals surface area contributed by atoms with E-state index in [-0.39, 0.29) is 12.3 Å². The summed E-state index contributed by atoms with van der Waals surface area (Å²) < 4.78 is 0.684. The molecule has 0 radical (unpaired) electrons. The zero-order valence-electron chi connectivity index (χ0n) is 16.9. The van der Waals surface area contributed by atoms with Crippen LogP contribution in [-0.4, -0.2) is 75.8 Å². The van der Waals surface area contributed by atoms with Crippen LogP contribution >= 0.6 is 24.0 Å². The van der Waals surface area contributed by atoms with Crippen LogP contribution in [0.25, 0.3) is 0 Å². The Morgan fingerprint density at radius 1 is 1.04 bits per heavy atom. The first-order valence-corrected chi connectivity index (χ1v) is 11.6. The second-order valence-electron chi connectivity index (χ2n) is 7.63. The summed E-state index contributed by atoms with van der Waals surface area (Å²) in [7, 11) is 2.12. The lowest BCUT2D eigenvalue weighted by atomic mass is 10.1. The molecule has 2 aliphatic heterocycles. The van der Waals surface area contributed by atoms with E-state index in [9.17, 15) is 9.59 Å². The number of unbranched alkanes of at least 4 members (excludes halogenated alkanes) is 7. The van der Waals surface area contributed by atoms with Crippen LogP contribution in [0.15, 0.2) is 11.1 Å². The zero-order valence-corrected chi connectivity index (χ0v) is 18.5. The minimum atomic E-state index is -0.700. The van der Waals surface area contributed by atoms with Crippen molar-refractivity contribution in [3.63, 3.8) is 0 Å². The van der Waals surface area contributed by atoms with Crippen molar-refractivity contribution in [1.29, 1.82) is 0 Å². The third kappa shape index (κ3) is 8.09.